The zero-order chi connectivity index (χ0) is 11.0. The van der Waals surface area contributed by atoms with Gasteiger partial charge in [-0.25, -0.2) is 4.79 Å². The number of carbonyl (C=O) groups is 2. The van der Waals surface area contributed by atoms with E-state index in [2.05, 4.69) is 16.0 Å². The van der Waals surface area contributed by atoms with Crippen molar-refractivity contribution in [1.29, 1.82) is 0 Å². The van der Waals surface area contributed by atoms with E-state index in [1.165, 1.54) is 0 Å². The van der Waals surface area contributed by atoms with E-state index in [0.29, 0.717) is 6.54 Å². The van der Waals surface area contributed by atoms with Crippen LogP contribution in [-0.2, 0) is 4.79 Å². The van der Waals surface area contributed by atoms with Crippen molar-refractivity contribution < 1.29 is 9.59 Å². The molecule has 1 unspecified atom stereocenters. The zero-order valence-electron chi connectivity index (χ0n) is 9.02. The first kappa shape index (κ1) is 12.9. The average molecular weight is 201 g/mol. The Hall–Kier alpha value is -1.10. The number of imide groups is 1. The molecule has 82 valence electrons. The van der Waals surface area contributed by atoms with Gasteiger partial charge in [0.2, 0.25) is 5.91 Å². The van der Waals surface area contributed by atoms with Gasteiger partial charge in [0.05, 0.1) is 6.04 Å². The van der Waals surface area contributed by atoms with Gasteiger partial charge >= 0.3 is 6.03 Å². The summed E-state index contributed by atoms with van der Waals surface area (Å²) in [4.78, 5) is 22.3. The van der Waals surface area contributed by atoms with Crippen molar-refractivity contribution in [1.82, 2.24) is 16.0 Å². The molecule has 0 bridgehead atoms. The first-order chi connectivity index (χ1) is 6.61. The number of urea groups is 1. The number of carbonyl (C=O) groups excluding carboxylic acids is 2. The van der Waals surface area contributed by atoms with Crippen molar-refractivity contribution in [2.24, 2.45) is 0 Å². The molecule has 3 N–H and O–H groups in total. The van der Waals surface area contributed by atoms with Gasteiger partial charge in [-0.15, -0.1) is 0 Å². The van der Waals surface area contributed by atoms with Crippen LogP contribution in [0.25, 0.3) is 0 Å². The molecule has 0 rings (SSSR count). The molecule has 0 saturated carbocycles. The summed E-state index contributed by atoms with van der Waals surface area (Å²) in [6.07, 6.45) is 0.957. The Morgan fingerprint density at radius 2 is 1.93 bits per heavy atom. The molecule has 3 amide bonds. The summed E-state index contributed by atoms with van der Waals surface area (Å²) in [7, 11) is 0. The van der Waals surface area contributed by atoms with Crippen LogP contribution >= 0.6 is 0 Å². The molecule has 0 aliphatic heterocycles. The van der Waals surface area contributed by atoms with E-state index in [9.17, 15) is 9.59 Å². The maximum Gasteiger partial charge on any atom is 0.321 e. The number of hydrogen-bond acceptors (Lipinski definition) is 3. The van der Waals surface area contributed by atoms with E-state index in [4.69, 9.17) is 0 Å². The van der Waals surface area contributed by atoms with Crippen LogP contribution in [0.1, 0.15) is 27.2 Å². The van der Waals surface area contributed by atoms with E-state index in [0.717, 1.165) is 13.0 Å². The Balaban J connectivity index is 3.76. The van der Waals surface area contributed by atoms with Gasteiger partial charge in [0.25, 0.3) is 0 Å². The number of nitrogens with one attached hydrogen (secondary N) is 3. The van der Waals surface area contributed by atoms with Crippen LogP contribution in [-0.4, -0.2) is 31.1 Å². The fourth-order valence-corrected chi connectivity index (χ4v) is 0.878. The molecule has 5 heteroatoms. The molecule has 0 aromatic carbocycles. The highest BCUT2D eigenvalue weighted by Crippen LogP contribution is 1.82. The maximum atomic E-state index is 11.3. The van der Waals surface area contributed by atoms with Crippen LogP contribution in [0, 0.1) is 0 Å². The molecule has 0 saturated heterocycles. The quantitative estimate of drug-likeness (QED) is 0.596. The van der Waals surface area contributed by atoms with Crippen molar-refractivity contribution in [2.75, 3.05) is 13.1 Å². The van der Waals surface area contributed by atoms with Gasteiger partial charge in [0.1, 0.15) is 0 Å². The fourth-order valence-electron chi connectivity index (χ4n) is 0.878. The smallest absolute Gasteiger partial charge is 0.321 e. The van der Waals surface area contributed by atoms with E-state index >= 15 is 0 Å². The minimum absolute atomic E-state index is 0.301. The lowest BCUT2D eigenvalue weighted by Gasteiger charge is -2.12. The SMILES string of the molecule is CCCNC(C)C(=O)NC(=O)NCC. The minimum atomic E-state index is -0.442. The van der Waals surface area contributed by atoms with Gasteiger partial charge in [-0.05, 0) is 26.8 Å². The van der Waals surface area contributed by atoms with Crippen molar-refractivity contribution in [3.63, 3.8) is 0 Å². The summed E-state index contributed by atoms with van der Waals surface area (Å²) < 4.78 is 0. The van der Waals surface area contributed by atoms with Crippen LogP contribution < -0.4 is 16.0 Å². The molecule has 0 spiro atoms. The summed E-state index contributed by atoms with van der Waals surface area (Å²) in [5, 5.41) is 7.71. The third kappa shape index (κ3) is 5.53. The highest BCUT2D eigenvalue weighted by molar-refractivity contribution is 5.96. The summed E-state index contributed by atoms with van der Waals surface area (Å²) in [5.41, 5.74) is 0. The highest BCUT2D eigenvalue weighted by atomic mass is 16.2. The van der Waals surface area contributed by atoms with Crippen LogP contribution in [0.2, 0.25) is 0 Å². The number of rotatable bonds is 5. The largest absolute Gasteiger partial charge is 0.338 e. The fraction of sp³-hybridized carbons (Fsp3) is 0.778. The first-order valence-electron chi connectivity index (χ1n) is 4.93. The van der Waals surface area contributed by atoms with Gasteiger partial charge in [-0.3, -0.25) is 10.1 Å². The Kier molecular flexibility index (Phi) is 6.74. The average Bonchev–Trinajstić information content (AvgIpc) is 2.14. The van der Waals surface area contributed by atoms with Crippen molar-refractivity contribution in [2.45, 2.75) is 33.2 Å². The van der Waals surface area contributed by atoms with E-state index < -0.39 is 6.03 Å². The third-order valence-electron chi connectivity index (χ3n) is 1.67. The lowest BCUT2D eigenvalue weighted by molar-refractivity contribution is -0.121. The molecule has 1 atom stereocenters. The normalized spacial score (nSPS) is 11.9. The number of hydrogen-bond donors (Lipinski definition) is 3. The highest BCUT2D eigenvalue weighted by Gasteiger charge is 2.13. The predicted octanol–water partition coefficient (Wildman–Crippen LogP) is 0.220. The molecule has 0 radical (unpaired) electrons. The van der Waals surface area contributed by atoms with Gasteiger partial charge < -0.3 is 10.6 Å². The predicted molar refractivity (Wildman–Crippen MR) is 55.0 cm³/mol. The van der Waals surface area contributed by atoms with E-state index in [-0.39, 0.29) is 11.9 Å². The van der Waals surface area contributed by atoms with E-state index in [1.807, 2.05) is 6.92 Å². The molecule has 0 aromatic heterocycles. The maximum absolute atomic E-state index is 11.3. The molecule has 14 heavy (non-hydrogen) atoms. The first-order valence-corrected chi connectivity index (χ1v) is 4.93. The molecular weight excluding hydrogens is 182 g/mol. The van der Waals surface area contributed by atoms with Gasteiger partial charge in [-0.1, -0.05) is 6.92 Å². The summed E-state index contributed by atoms with van der Waals surface area (Å²) >= 11 is 0. The Morgan fingerprint density at radius 1 is 1.29 bits per heavy atom. The van der Waals surface area contributed by atoms with Crippen molar-refractivity contribution >= 4 is 11.9 Å². The second-order valence-electron chi connectivity index (χ2n) is 3.02. The second kappa shape index (κ2) is 7.32. The molecule has 0 fully saturated rings. The van der Waals surface area contributed by atoms with Crippen LogP contribution in [0.15, 0.2) is 0 Å². The lowest BCUT2D eigenvalue weighted by atomic mass is 10.3. The Labute approximate surface area is 84.6 Å². The van der Waals surface area contributed by atoms with Crippen LogP contribution in [0.3, 0.4) is 0 Å². The van der Waals surface area contributed by atoms with Gasteiger partial charge in [0.15, 0.2) is 0 Å². The minimum Gasteiger partial charge on any atom is -0.338 e. The third-order valence-corrected chi connectivity index (χ3v) is 1.67. The summed E-state index contributed by atoms with van der Waals surface area (Å²) in [6.45, 7) is 6.81. The lowest BCUT2D eigenvalue weighted by Crippen LogP contribution is -2.48. The zero-order valence-corrected chi connectivity index (χ0v) is 9.02. The molecular formula is C9H19N3O2. The molecule has 5 nitrogen and oxygen atoms in total. The van der Waals surface area contributed by atoms with Gasteiger partial charge in [-0.2, -0.15) is 0 Å². The van der Waals surface area contributed by atoms with E-state index in [1.54, 1.807) is 13.8 Å². The molecule has 0 aliphatic rings. The molecule has 0 heterocycles. The summed E-state index contributed by atoms with van der Waals surface area (Å²) in [5.74, 6) is -0.301. The number of amides is 3. The Bertz CT molecular complexity index is 194. The summed E-state index contributed by atoms with van der Waals surface area (Å²) in [6, 6.07) is -0.778. The Morgan fingerprint density at radius 3 is 2.43 bits per heavy atom. The standard InChI is InChI=1S/C9H19N3O2/c1-4-6-11-7(3)8(13)12-9(14)10-5-2/h7,11H,4-6H2,1-3H3,(H2,10,12,13,14). The van der Waals surface area contributed by atoms with Crippen molar-refractivity contribution in [3.8, 4) is 0 Å². The monoisotopic (exact) mass is 201 g/mol. The van der Waals surface area contributed by atoms with Crippen molar-refractivity contribution in [3.05, 3.63) is 0 Å². The van der Waals surface area contributed by atoms with Gasteiger partial charge in [0, 0.05) is 6.54 Å². The molecule has 0 aliphatic carbocycles. The topological polar surface area (TPSA) is 70.2 Å². The molecule has 0 aromatic rings. The second-order valence-corrected chi connectivity index (χ2v) is 3.02. The van der Waals surface area contributed by atoms with Crippen LogP contribution in [0.4, 0.5) is 4.79 Å². The van der Waals surface area contributed by atoms with Crippen LogP contribution in [0.5, 0.6) is 0 Å².